The van der Waals surface area contributed by atoms with Crippen molar-refractivity contribution in [2.75, 3.05) is 11.9 Å². The van der Waals surface area contributed by atoms with Gasteiger partial charge in [-0.3, -0.25) is 4.79 Å². The lowest BCUT2D eigenvalue weighted by Gasteiger charge is -2.09. The van der Waals surface area contributed by atoms with E-state index in [1.54, 1.807) is 35.6 Å². The van der Waals surface area contributed by atoms with Crippen molar-refractivity contribution in [3.05, 3.63) is 50.9 Å². The number of carbonyl (C=O) groups is 1. The Balaban J connectivity index is 1.74. The quantitative estimate of drug-likeness (QED) is 0.843. The van der Waals surface area contributed by atoms with Gasteiger partial charge in [0.2, 0.25) is 0 Å². The van der Waals surface area contributed by atoms with E-state index in [4.69, 9.17) is 11.6 Å². The van der Waals surface area contributed by atoms with Crippen LogP contribution in [0, 0.1) is 11.3 Å². The molecule has 0 saturated carbocycles. The number of Topliss-reactive ketones (excluding diaryl/α,β-unsaturated/α-hetero) is 1. The second kappa shape index (κ2) is 6.51. The number of hydrogen-bond acceptors (Lipinski definition) is 4. The zero-order valence-electron chi connectivity index (χ0n) is 12.0. The van der Waals surface area contributed by atoms with Crippen LogP contribution in [-0.4, -0.2) is 12.3 Å². The van der Waals surface area contributed by atoms with Gasteiger partial charge in [0, 0.05) is 15.5 Å². The molecule has 1 aromatic carbocycles. The van der Waals surface area contributed by atoms with Crippen molar-refractivity contribution in [2.45, 2.75) is 25.7 Å². The number of anilines is 1. The molecular formula is C17H15ClN2OS. The van der Waals surface area contributed by atoms with Crippen LogP contribution < -0.4 is 5.32 Å². The van der Waals surface area contributed by atoms with E-state index in [0.29, 0.717) is 10.6 Å². The Morgan fingerprint density at radius 1 is 1.27 bits per heavy atom. The van der Waals surface area contributed by atoms with E-state index in [-0.39, 0.29) is 12.3 Å². The fourth-order valence-corrected chi connectivity index (χ4v) is 4.07. The monoisotopic (exact) mass is 330 g/mol. The standard InChI is InChI=1S/C17H15ClN2OS/c18-12-7-5-11(6-8-12)15(21)10-20-17-14(9-19)13-3-1-2-4-16(13)22-17/h5-8,20H,1-4,10H2. The van der Waals surface area contributed by atoms with Gasteiger partial charge in [0.15, 0.2) is 5.78 Å². The maximum absolute atomic E-state index is 12.2. The number of nitrogens with zero attached hydrogens (tertiary/aromatic N) is 1. The van der Waals surface area contributed by atoms with Crippen LogP contribution in [-0.2, 0) is 12.8 Å². The Kier molecular flexibility index (Phi) is 4.47. The molecule has 0 amide bonds. The maximum atomic E-state index is 12.2. The number of thiophene rings is 1. The zero-order valence-corrected chi connectivity index (χ0v) is 13.6. The normalized spacial score (nSPS) is 13.3. The third kappa shape index (κ3) is 3.01. The number of ketones is 1. The molecule has 0 atom stereocenters. The lowest BCUT2D eigenvalue weighted by Crippen LogP contribution is -2.13. The van der Waals surface area contributed by atoms with Gasteiger partial charge in [-0.2, -0.15) is 5.26 Å². The number of hydrogen-bond donors (Lipinski definition) is 1. The van der Waals surface area contributed by atoms with Crippen LogP contribution in [0.3, 0.4) is 0 Å². The summed E-state index contributed by atoms with van der Waals surface area (Å²) in [4.78, 5) is 13.5. The topological polar surface area (TPSA) is 52.9 Å². The highest BCUT2D eigenvalue weighted by atomic mass is 35.5. The van der Waals surface area contributed by atoms with Crippen molar-refractivity contribution in [2.24, 2.45) is 0 Å². The molecule has 3 rings (SSSR count). The third-order valence-corrected chi connectivity index (χ3v) is 5.36. The summed E-state index contributed by atoms with van der Waals surface area (Å²) in [5, 5.41) is 14.0. The van der Waals surface area contributed by atoms with Gasteiger partial charge in [0.05, 0.1) is 12.1 Å². The molecule has 1 heterocycles. The number of aryl methyl sites for hydroxylation is 1. The number of nitrogens with one attached hydrogen (secondary N) is 1. The van der Waals surface area contributed by atoms with Gasteiger partial charge in [-0.15, -0.1) is 11.3 Å². The largest absolute Gasteiger partial charge is 0.368 e. The summed E-state index contributed by atoms with van der Waals surface area (Å²) in [6.07, 6.45) is 4.34. The van der Waals surface area contributed by atoms with Crippen molar-refractivity contribution in [1.29, 1.82) is 5.26 Å². The van der Waals surface area contributed by atoms with Crippen LogP contribution in [0.25, 0.3) is 0 Å². The molecule has 0 fully saturated rings. The number of rotatable bonds is 4. The molecule has 3 nitrogen and oxygen atoms in total. The number of fused-ring (bicyclic) bond motifs is 1. The SMILES string of the molecule is N#Cc1c(NCC(=O)c2ccc(Cl)cc2)sc2c1CCCC2. The summed E-state index contributed by atoms with van der Waals surface area (Å²) in [7, 11) is 0. The summed E-state index contributed by atoms with van der Waals surface area (Å²) in [5.41, 5.74) is 2.53. The van der Waals surface area contributed by atoms with Crippen molar-refractivity contribution < 1.29 is 4.79 Å². The van der Waals surface area contributed by atoms with E-state index in [1.807, 2.05) is 0 Å². The predicted molar refractivity (Wildman–Crippen MR) is 89.9 cm³/mol. The molecule has 112 valence electrons. The van der Waals surface area contributed by atoms with Gasteiger partial charge >= 0.3 is 0 Å². The van der Waals surface area contributed by atoms with Crippen LogP contribution in [0.5, 0.6) is 0 Å². The Morgan fingerprint density at radius 3 is 2.73 bits per heavy atom. The summed E-state index contributed by atoms with van der Waals surface area (Å²) in [6, 6.07) is 9.15. The highest BCUT2D eigenvalue weighted by molar-refractivity contribution is 7.16. The van der Waals surface area contributed by atoms with Crippen LogP contribution in [0.1, 0.15) is 39.2 Å². The molecule has 5 heteroatoms. The second-order valence-electron chi connectivity index (χ2n) is 5.31. The molecule has 0 radical (unpaired) electrons. The van der Waals surface area contributed by atoms with Crippen molar-refractivity contribution in [3.8, 4) is 6.07 Å². The van der Waals surface area contributed by atoms with Gasteiger partial charge < -0.3 is 5.32 Å². The van der Waals surface area contributed by atoms with Crippen molar-refractivity contribution >= 4 is 33.7 Å². The predicted octanol–water partition coefficient (Wildman–Crippen LogP) is 4.45. The van der Waals surface area contributed by atoms with E-state index in [2.05, 4.69) is 11.4 Å². The number of benzene rings is 1. The second-order valence-corrected chi connectivity index (χ2v) is 6.85. The highest BCUT2D eigenvalue weighted by Crippen LogP contribution is 2.37. The van der Waals surface area contributed by atoms with Crippen LogP contribution in [0.2, 0.25) is 5.02 Å². The zero-order chi connectivity index (χ0) is 15.5. The maximum Gasteiger partial charge on any atom is 0.181 e. The number of carbonyl (C=O) groups excluding carboxylic acids is 1. The minimum atomic E-state index is -0.00747. The average molecular weight is 331 g/mol. The van der Waals surface area contributed by atoms with Gasteiger partial charge in [-0.1, -0.05) is 11.6 Å². The number of halogens is 1. The minimum absolute atomic E-state index is 0.00747. The van der Waals surface area contributed by atoms with Crippen LogP contribution in [0.15, 0.2) is 24.3 Å². The van der Waals surface area contributed by atoms with E-state index >= 15 is 0 Å². The Hall–Kier alpha value is -1.83. The molecule has 2 aromatic rings. The minimum Gasteiger partial charge on any atom is -0.368 e. The molecule has 0 unspecified atom stereocenters. The van der Waals surface area contributed by atoms with Crippen LogP contribution >= 0.6 is 22.9 Å². The molecule has 0 saturated heterocycles. The molecule has 1 aromatic heterocycles. The first-order valence-electron chi connectivity index (χ1n) is 7.26. The molecule has 22 heavy (non-hydrogen) atoms. The first-order chi connectivity index (χ1) is 10.7. The molecule has 1 N–H and O–H groups in total. The number of nitriles is 1. The lowest BCUT2D eigenvalue weighted by molar-refractivity contribution is 0.101. The summed E-state index contributed by atoms with van der Waals surface area (Å²) in [5.74, 6) is -0.00747. The van der Waals surface area contributed by atoms with Crippen LogP contribution in [0.4, 0.5) is 5.00 Å². The van der Waals surface area contributed by atoms with Gasteiger partial charge in [-0.25, -0.2) is 0 Å². The Morgan fingerprint density at radius 2 is 2.00 bits per heavy atom. The Labute approximate surface area is 138 Å². The highest BCUT2D eigenvalue weighted by Gasteiger charge is 2.20. The molecular weight excluding hydrogens is 316 g/mol. The van der Waals surface area contributed by atoms with Gasteiger partial charge in [0.1, 0.15) is 11.1 Å². The first-order valence-corrected chi connectivity index (χ1v) is 8.46. The molecule has 1 aliphatic rings. The fraction of sp³-hybridized carbons (Fsp3) is 0.294. The van der Waals surface area contributed by atoms with Crippen molar-refractivity contribution in [1.82, 2.24) is 0 Å². The smallest absolute Gasteiger partial charge is 0.181 e. The van der Waals surface area contributed by atoms with Gasteiger partial charge in [0.25, 0.3) is 0 Å². The molecule has 0 bridgehead atoms. The summed E-state index contributed by atoms with van der Waals surface area (Å²) in [6.45, 7) is 0.190. The van der Waals surface area contributed by atoms with E-state index in [1.165, 1.54) is 16.9 Å². The summed E-state index contributed by atoms with van der Waals surface area (Å²) < 4.78 is 0. The van der Waals surface area contributed by atoms with E-state index < -0.39 is 0 Å². The van der Waals surface area contributed by atoms with Crippen molar-refractivity contribution in [3.63, 3.8) is 0 Å². The molecule has 0 aliphatic heterocycles. The Bertz CT molecular complexity index is 743. The van der Waals surface area contributed by atoms with E-state index in [0.717, 1.165) is 29.8 Å². The average Bonchev–Trinajstić information content (AvgIpc) is 2.90. The first kappa shape index (κ1) is 15.1. The summed E-state index contributed by atoms with van der Waals surface area (Å²) >= 11 is 7.44. The fourth-order valence-electron chi connectivity index (χ4n) is 2.71. The molecule has 1 aliphatic carbocycles. The lowest BCUT2D eigenvalue weighted by atomic mass is 9.96. The molecule has 0 spiro atoms. The van der Waals surface area contributed by atoms with Gasteiger partial charge in [-0.05, 0) is 55.5 Å². The third-order valence-electron chi connectivity index (χ3n) is 3.86. The van der Waals surface area contributed by atoms with E-state index in [9.17, 15) is 10.1 Å².